The van der Waals surface area contributed by atoms with Crippen LogP contribution in [0.4, 0.5) is 5.13 Å². The zero-order chi connectivity index (χ0) is 15.9. The summed E-state index contributed by atoms with van der Waals surface area (Å²) < 4.78 is 7.36. The predicted octanol–water partition coefficient (Wildman–Crippen LogP) is 3.70. The topological polar surface area (TPSA) is 74.0 Å². The molecule has 0 aliphatic rings. The number of hydrogen-bond donors (Lipinski definition) is 1. The van der Waals surface area contributed by atoms with Crippen molar-refractivity contribution in [3.63, 3.8) is 0 Å². The van der Waals surface area contributed by atoms with Crippen LogP contribution in [0.1, 0.15) is 25.6 Å². The standard InChI is InChI=1S/C16H17N3O2S/c1-9(2)19-8-11(5-7-13(19)20)15-14(18-16(17)22-15)12-6-4-10(3)21-12/h4-9H,1-3H3,(H2,17,18). The lowest BCUT2D eigenvalue weighted by atomic mass is 10.1. The molecule has 0 saturated carbocycles. The summed E-state index contributed by atoms with van der Waals surface area (Å²) in [5, 5.41) is 0.473. The number of rotatable bonds is 3. The first-order valence-electron chi connectivity index (χ1n) is 7.01. The Balaban J connectivity index is 2.17. The fourth-order valence-corrected chi connectivity index (χ4v) is 3.13. The van der Waals surface area contributed by atoms with Crippen molar-refractivity contribution in [1.29, 1.82) is 0 Å². The van der Waals surface area contributed by atoms with Crippen LogP contribution in [0.15, 0.2) is 39.7 Å². The Morgan fingerprint density at radius 1 is 1.27 bits per heavy atom. The zero-order valence-electron chi connectivity index (χ0n) is 12.7. The molecule has 0 unspecified atom stereocenters. The second kappa shape index (κ2) is 5.46. The third-order valence-electron chi connectivity index (χ3n) is 3.37. The molecule has 6 heteroatoms. The molecule has 3 rings (SSSR count). The second-order valence-electron chi connectivity index (χ2n) is 5.40. The molecule has 3 aromatic heterocycles. The lowest BCUT2D eigenvalue weighted by Gasteiger charge is -2.11. The highest BCUT2D eigenvalue weighted by molar-refractivity contribution is 7.19. The average Bonchev–Trinajstić information content (AvgIpc) is 3.05. The van der Waals surface area contributed by atoms with Crippen LogP contribution in [0.5, 0.6) is 0 Å². The summed E-state index contributed by atoms with van der Waals surface area (Å²) in [6.45, 7) is 5.84. The van der Waals surface area contributed by atoms with Gasteiger partial charge in [0.2, 0.25) is 0 Å². The van der Waals surface area contributed by atoms with Gasteiger partial charge in [0.05, 0.1) is 4.88 Å². The molecule has 5 nitrogen and oxygen atoms in total. The van der Waals surface area contributed by atoms with Gasteiger partial charge in [0, 0.05) is 23.9 Å². The van der Waals surface area contributed by atoms with Crippen molar-refractivity contribution in [1.82, 2.24) is 9.55 Å². The number of nitrogen functional groups attached to an aromatic ring is 1. The maximum Gasteiger partial charge on any atom is 0.250 e. The summed E-state index contributed by atoms with van der Waals surface area (Å²) in [6, 6.07) is 7.23. The van der Waals surface area contributed by atoms with Crippen molar-refractivity contribution in [2.24, 2.45) is 0 Å². The van der Waals surface area contributed by atoms with Crippen molar-refractivity contribution >= 4 is 16.5 Å². The Labute approximate surface area is 132 Å². The Morgan fingerprint density at radius 2 is 2.05 bits per heavy atom. The first kappa shape index (κ1) is 14.6. The van der Waals surface area contributed by atoms with Crippen LogP contribution < -0.4 is 11.3 Å². The Hall–Kier alpha value is -2.34. The molecule has 0 bridgehead atoms. The smallest absolute Gasteiger partial charge is 0.250 e. The number of pyridine rings is 1. The van der Waals surface area contributed by atoms with Gasteiger partial charge in [0.25, 0.3) is 5.56 Å². The molecule has 0 aromatic carbocycles. The quantitative estimate of drug-likeness (QED) is 0.799. The van der Waals surface area contributed by atoms with E-state index in [2.05, 4.69) is 4.98 Å². The second-order valence-corrected chi connectivity index (χ2v) is 6.43. The van der Waals surface area contributed by atoms with E-state index < -0.39 is 0 Å². The summed E-state index contributed by atoms with van der Waals surface area (Å²) >= 11 is 1.39. The van der Waals surface area contributed by atoms with Gasteiger partial charge >= 0.3 is 0 Å². The van der Waals surface area contributed by atoms with Crippen molar-refractivity contribution in [2.45, 2.75) is 26.8 Å². The number of anilines is 1. The number of nitrogens with zero attached hydrogens (tertiary/aromatic N) is 2. The molecule has 0 spiro atoms. The van der Waals surface area contributed by atoms with E-state index in [9.17, 15) is 4.79 Å². The summed E-state index contributed by atoms with van der Waals surface area (Å²) in [7, 11) is 0. The molecule has 0 atom stereocenters. The van der Waals surface area contributed by atoms with Crippen LogP contribution in [-0.4, -0.2) is 9.55 Å². The number of aryl methyl sites for hydroxylation is 1. The average molecular weight is 315 g/mol. The van der Waals surface area contributed by atoms with Gasteiger partial charge in [-0.05, 0) is 39.0 Å². The maximum atomic E-state index is 11.9. The van der Waals surface area contributed by atoms with Gasteiger partial charge in [0.1, 0.15) is 11.5 Å². The van der Waals surface area contributed by atoms with Crippen molar-refractivity contribution in [2.75, 3.05) is 5.73 Å². The highest BCUT2D eigenvalue weighted by Gasteiger charge is 2.17. The highest BCUT2D eigenvalue weighted by atomic mass is 32.1. The van der Waals surface area contributed by atoms with Gasteiger partial charge in [-0.15, -0.1) is 0 Å². The van der Waals surface area contributed by atoms with E-state index in [1.165, 1.54) is 11.3 Å². The maximum absolute atomic E-state index is 11.9. The van der Waals surface area contributed by atoms with Crippen molar-refractivity contribution in [3.8, 4) is 21.9 Å². The minimum absolute atomic E-state index is 0.0216. The first-order chi connectivity index (χ1) is 10.5. The molecule has 22 heavy (non-hydrogen) atoms. The molecule has 0 radical (unpaired) electrons. The van der Waals surface area contributed by atoms with Crippen LogP contribution in [0.2, 0.25) is 0 Å². The minimum Gasteiger partial charge on any atom is -0.460 e. The summed E-state index contributed by atoms with van der Waals surface area (Å²) in [4.78, 5) is 17.2. The summed E-state index contributed by atoms with van der Waals surface area (Å²) in [5.74, 6) is 1.50. The Morgan fingerprint density at radius 3 is 2.68 bits per heavy atom. The van der Waals surface area contributed by atoms with E-state index in [-0.39, 0.29) is 11.6 Å². The van der Waals surface area contributed by atoms with E-state index in [1.807, 2.05) is 39.1 Å². The van der Waals surface area contributed by atoms with Crippen LogP contribution in [0, 0.1) is 6.92 Å². The number of thiazole rings is 1. The Bertz CT molecular complexity index is 874. The third-order valence-corrected chi connectivity index (χ3v) is 4.31. The van der Waals surface area contributed by atoms with Gasteiger partial charge < -0.3 is 14.7 Å². The fraction of sp³-hybridized carbons (Fsp3) is 0.250. The molecule has 0 amide bonds. The lowest BCUT2D eigenvalue weighted by Crippen LogP contribution is -2.20. The van der Waals surface area contributed by atoms with Gasteiger partial charge in [-0.3, -0.25) is 4.79 Å². The van der Waals surface area contributed by atoms with Crippen LogP contribution >= 0.6 is 11.3 Å². The number of furan rings is 1. The largest absolute Gasteiger partial charge is 0.460 e. The van der Waals surface area contributed by atoms with E-state index in [0.717, 1.165) is 16.2 Å². The van der Waals surface area contributed by atoms with Crippen LogP contribution in [-0.2, 0) is 0 Å². The van der Waals surface area contributed by atoms with E-state index in [1.54, 1.807) is 16.7 Å². The molecule has 3 aromatic rings. The van der Waals surface area contributed by atoms with Crippen LogP contribution in [0.3, 0.4) is 0 Å². The Kier molecular flexibility index (Phi) is 3.62. The highest BCUT2D eigenvalue weighted by Crippen LogP contribution is 2.38. The fourth-order valence-electron chi connectivity index (χ4n) is 2.30. The normalized spacial score (nSPS) is 11.3. The number of nitrogens with two attached hydrogens (primary N) is 1. The van der Waals surface area contributed by atoms with E-state index >= 15 is 0 Å². The van der Waals surface area contributed by atoms with Gasteiger partial charge in [-0.1, -0.05) is 11.3 Å². The molecule has 0 saturated heterocycles. The predicted molar refractivity (Wildman–Crippen MR) is 89.0 cm³/mol. The van der Waals surface area contributed by atoms with Crippen molar-refractivity contribution < 1.29 is 4.42 Å². The van der Waals surface area contributed by atoms with Gasteiger partial charge in [-0.25, -0.2) is 4.98 Å². The number of aromatic nitrogens is 2. The molecule has 114 valence electrons. The molecule has 3 heterocycles. The first-order valence-corrected chi connectivity index (χ1v) is 7.83. The lowest BCUT2D eigenvalue weighted by molar-refractivity contribution is 0.547. The van der Waals surface area contributed by atoms with Crippen molar-refractivity contribution in [3.05, 3.63) is 46.6 Å². The van der Waals surface area contributed by atoms with Crippen LogP contribution in [0.25, 0.3) is 21.9 Å². The summed E-state index contributed by atoms with van der Waals surface area (Å²) in [5.41, 5.74) is 7.49. The van der Waals surface area contributed by atoms with E-state index in [0.29, 0.717) is 16.6 Å². The molecule has 0 aliphatic heterocycles. The summed E-state index contributed by atoms with van der Waals surface area (Å²) in [6.07, 6.45) is 1.85. The molecular weight excluding hydrogens is 298 g/mol. The number of hydrogen-bond acceptors (Lipinski definition) is 5. The molecule has 0 fully saturated rings. The third kappa shape index (κ3) is 2.57. The minimum atomic E-state index is -0.0216. The monoisotopic (exact) mass is 315 g/mol. The molecule has 2 N–H and O–H groups in total. The molecule has 0 aliphatic carbocycles. The SMILES string of the molecule is Cc1ccc(-c2nc(N)sc2-c2ccc(=O)n(C(C)C)c2)o1. The van der Waals surface area contributed by atoms with Gasteiger partial charge in [0.15, 0.2) is 10.9 Å². The van der Waals surface area contributed by atoms with E-state index in [4.69, 9.17) is 10.2 Å². The molecular formula is C16H17N3O2S. The zero-order valence-corrected chi connectivity index (χ0v) is 13.5. The van der Waals surface area contributed by atoms with Gasteiger partial charge in [-0.2, -0.15) is 0 Å².